The number of rotatable bonds is 6. The molecule has 2 aromatic carbocycles. The van der Waals surface area contributed by atoms with Gasteiger partial charge in [0.2, 0.25) is 0 Å². The normalized spacial score (nSPS) is 17.8. The highest BCUT2D eigenvalue weighted by Gasteiger charge is 2.38. The van der Waals surface area contributed by atoms with Gasteiger partial charge in [0.15, 0.2) is 0 Å². The number of hydrogen-bond acceptors (Lipinski definition) is 3. The minimum absolute atomic E-state index is 0.539. The van der Waals surface area contributed by atoms with Crippen molar-refractivity contribution in [3.8, 4) is 5.75 Å². The summed E-state index contributed by atoms with van der Waals surface area (Å²) in [7, 11) is 4.10. The van der Waals surface area contributed by atoms with Crippen molar-refractivity contribution in [3.63, 3.8) is 0 Å². The first-order valence-electron chi connectivity index (χ1n) is 10.9. The van der Waals surface area contributed by atoms with Crippen molar-refractivity contribution >= 4 is 22.8 Å². The Labute approximate surface area is 185 Å². The van der Waals surface area contributed by atoms with E-state index < -0.39 is 5.41 Å². The lowest BCUT2D eigenvalue weighted by Gasteiger charge is -2.31. The van der Waals surface area contributed by atoms with Crippen molar-refractivity contribution in [2.24, 2.45) is 4.99 Å². The molecule has 0 saturated carbocycles. The van der Waals surface area contributed by atoms with Gasteiger partial charge in [0.1, 0.15) is 5.75 Å². The first kappa shape index (κ1) is 21.0. The number of nitrogens with zero attached hydrogens (tertiary/aromatic N) is 3. The molecule has 0 amide bonds. The maximum absolute atomic E-state index is 6.20. The predicted octanol–water partition coefficient (Wildman–Crippen LogP) is 5.87. The van der Waals surface area contributed by atoms with E-state index in [1.165, 1.54) is 22.2 Å². The number of ether oxygens (including phenoxy) is 1. The van der Waals surface area contributed by atoms with E-state index in [0.29, 0.717) is 6.61 Å². The van der Waals surface area contributed by atoms with Crippen molar-refractivity contribution in [3.05, 3.63) is 83.7 Å². The van der Waals surface area contributed by atoms with Gasteiger partial charge in [-0.2, -0.15) is 0 Å². The standard InChI is InChI=1S/C27H31N3O/c1-6-30-20(3)26(22-12-8-9-13-24(22)30)27(16-10-11-17-28-19-27)23-15-14-21(29(4)5)18-25(23)31-7-2/h8-19H,6-7H2,1-5H3. The van der Waals surface area contributed by atoms with Gasteiger partial charge in [-0.1, -0.05) is 36.4 Å². The molecule has 0 N–H and O–H groups in total. The van der Waals surface area contributed by atoms with Gasteiger partial charge in [0.05, 0.1) is 12.0 Å². The number of aryl methyl sites for hydroxylation is 1. The highest BCUT2D eigenvalue weighted by molar-refractivity contribution is 5.96. The summed E-state index contributed by atoms with van der Waals surface area (Å²) >= 11 is 0. The number of anilines is 1. The lowest BCUT2D eigenvalue weighted by atomic mass is 9.73. The zero-order valence-electron chi connectivity index (χ0n) is 19.1. The number of aromatic nitrogens is 1. The molecule has 1 atom stereocenters. The average molecular weight is 414 g/mol. The van der Waals surface area contributed by atoms with Crippen LogP contribution in [0.1, 0.15) is 30.7 Å². The largest absolute Gasteiger partial charge is 0.493 e. The molecule has 31 heavy (non-hydrogen) atoms. The van der Waals surface area contributed by atoms with E-state index in [4.69, 9.17) is 4.74 Å². The fraction of sp³-hybridized carbons (Fsp3) is 0.296. The topological polar surface area (TPSA) is 29.8 Å². The molecule has 0 radical (unpaired) electrons. The second-order valence-electron chi connectivity index (χ2n) is 8.08. The monoisotopic (exact) mass is 413 g/mol. The van der Waals surface area contributed by atoms with Gasteiger partial charge in [-0.15, -0.1) is 0 Å². The first-order chi connectivity index (χ1) is 15.0. The minimum atomic E-state index is -0.539. The van der Waals surface area contributed by atoms with Crippen molar-refractivity contribution in [1.29, 1.82) is 0 Å². The fourth-order valence-electron chi connectivity index (χ4n) is 4.72. The van der Waals surface area contributed by atoms with E-state index in [1.807, 2.05) is 19.2 Å². The Morgan fingerprint density at radius 3 is 2.61 bits per heavy atom. The van der Waals surface area contributed by atoms with Crippen molar-refractivity contribution in [2.45, 2.75) is 32.7 Å². The molecule has 4 nitrogen and oxygen atoms in total. The van der Waals surface area contributed by atoms with Crippen LogP contribution in [0.2, 0.25) is 0 Å². The molecule has 160 valence electrons. The molecular formula is C27H31N3O. The highest BCUT2D eigenvalue weighted by Crippen LogP contribution is 2.45. The molecular weight excluding hydrogens is 382 g/mol. The van der Waals surface area contributed by atoms with Crippen molar-refractivity contribution in [2.75, 3.05) is 25.6 Å². The van der Waals surface area contributed by atoms with E-state index >= 15 is 0 Å². The number of para-hydroxylation sites is 1. The summed E-state index contributed by atoms with van der Waals surface area (Å²) in [6.45, 7) is 7.97. The summed E-state index contributed by atoms with van der Waals surface area (Å²) in [6.07, 6.45) is 10.2. The van der Waals surface area contributed by atoms with Gasteiger partial charge in [-0.05, 0) is 39.0 Å². The molecule has 0 spiro atoms. The Bertz CT molecular complexity index is 1160. The van der Waals surface area contributed by atoms with Crippen LogP contribution in [0.25, 0.3) is 10.9 Å². The Kier molecular flexibility index (Phi) is 5.73. The van der Waals surface area contributed by atoms with Crippen LogP contribution in [0.4, 0.5) is 5.69 Å². The Morgan fingerprint density at radius 2 is 1.87 bits per heavy atom. The molecule has 4 rings (SSSR count). The molecule has 0 aliphatic carbocycles. The van der Waals surface area contributed by atoms with Crippen LogP contribution < -0.4 is 9.64 Å². The minimum Gasteiger partial charge on any atom is -0.493 e. The zero-order valence-corrected chi connectivity index (χ0v) is 19.1. The van der Waals surface area contributed by atoms with Crippen LogP contribution in [0.5, 0.6) is 5.75 Å². The third-order valence-corrected chi connectivity index (χ3v) is 6.11. The average Bonchev–Trinajstić information content (AvgIpc) is 2.90. The maximum Gasteiger partial charge on any atom is 0.126 e. The van der Waals surface area contributed by atoms with Crippen LogP contribution in [-0.2, 0) is 12.0 Å². The zero-order chi connectivity index (χ0) is 22.0. The molecule has 2 heterocycles. The van der Waals surface area contributed by atoms with E-state index in [2.05, 4.69) is 103 Å². The number of fused-ring (bicyclic) bond motifs is 1. The first-order valence-corrected chi connectivity index (χ1v) is 10.9. The summed E-state index contributed by atoms with van der Waals surface area (Å²) in [5, 5.41) is 1.25. The molecule has 1 unspecified atom stereocenters. The number of hydrogen-bond donors (Lipinski definition) is 0. The quantitative estimate of drug-likeness (QED) is 0.505. The van der Waals surface area contributed by atoms with Crippen LogP contribution >= 0.6 is 0 Å². The Hall–Kier alpha value is -3.27. The smallest absolute Gasteiger partial charge is 0.126 e. The van der Waals surface area contributed by atoms with E-state index in [9.17, 15) is 0 Å². The van der Waals surface area contributed by atoms with Crippen LogP contribution in [0.15, 0.2) is 71.9 Å². The van der Waals surface area contributed by atoms with Crippen LogP contribution in [-0.4, -0.2) is 31.5 Å². The second-order valence-corrected chi connectivity index (χ2v) is 8.08. The SMILES string of the molecule is CCOc1cc(N(C)C)ccc1C1(c2c(C)n(CC)c3ccccc23)C=CC=CN=C1. The lowest BCUT2D eigenvalue weighted by Crippen LogP contribution is -2.29. The van der Waals surface area contributed by atoms with Crippen LogP contribution in [0, 0.1) is 6.92 Å². The summed E-state index contributed by atoms with van der Waals surface area (Å²) in [4.78, 5) is 6.78. The van der Waals surface area contributed by atoms with Crippen molar-refractivity contribution < 1.29 is 4.74 Å². The predicted molar refractivity (Wildman–Crippen MR) is 132 cm³/mol. The highest BCUT2D eigenvalue weighted by atomic mass is 16.5. The summed E-state index contributed by atoms with van der Waals surface area (Å²) in [5.41, 5.74) is 5.43. The number of allylic oxidation sites excluding steroid dienone is 3. The van der Waals surface area contributed by atoms with E-state index in [1.54, 1.807) is 0 Å². The second kappa shape index (κ2) is 8.46. The number of aliphatic imine (C=N–C) groups is 1. The van der Waals surface area contributed by atoms with Gasteiger partial charge < -0.3 is 14.2 Å². The molecule has 1 aliphatic rings. The molecule has 0 bridgehead atoms. The molecule has 1 aromatic heterocycles. The van der Waals surface area contributed by atoms with E-state index in [0.717, 1.165) is 23.5 Å². The van der Waals surface area contributed by atoms with Gasteiger partial charge in [-0.3, -0.25) is 4.99 Å². The van der Waals surface area contributed by atoms with Gasteiger partial charge in [0.25, 0.3) is 0 Å². The molecule has 0 fully saturated rings. The molecule has 4 heteroatoms. The summed E-state index contributed by atoms with van der Waals surface area (Å²) < 4.78 is 8.59. The third-order valence-electron chi connectivity index (χ3n) is 6.11. The van der Waals surface area contributed by atoms with Crippen molar-refractivity contribution in [1.82, 2.24) is 4.57 Å². The van der Waals surface area contributed by atoms with Crippen LogP contribution in [0.3, 0.4) is 0 Å². The fourth-order valence-corrected chi connectivity index (χ4v) is 4.72. The lowest BCUT2D eigenvalue weighted by molar-refractivity contribution is 0.335. The Morgan fingerprint density at radius 1 is 1.06 bits per heavy atom. The van der Waals surface area contributed by atoms with Gasteiger partial charge in [0, 0.05) is 72.5 Å². The molecule has 0 saturated heterocycles. The summed E-state index contributed by atoms with van der Waals surface area (Å²) in [6, 6.07) is 15.1. The number of benzene rings is 2. The Balaban J connectivity index is 2.09. The molecule has 1 aliphatic heterocycles. The van der Waals surface area contributed by atoms with Gasteiger partial charge in [-0.25, -0.2) is 0 Å². The summed E-state index contributed by atoms with van der Waals surface area (Å²) in [5.74, 6) is 0.888. The third kappa shape index (κ3) is 3.46. The maximum atomic E-state index is 6.20. The molecule has 3 aromatic rings. The van der Waals surface area contributed by atoms with E-state index in [-0.39, 0.29) is 0 Å². The van der Waals surface area contributed by atoms with Gasteiger partial charge >= 0.3 is 0 Å².